The van der Waals surface area contributed by atoms with Crippen LogP contribution < -0.4 is 19.7 Å². The number of fused-ring (bicyclic) bond motifs is 1. The molecule has 1 saturated heterocycles. The summed E-state index contributed by atoms with van der Waals surface area (Å²) in [6.07, 6.45) is 11.9. The van der Waals surface area contributed by atoms with Gasteiger partial charge in [0.15, 0.2) is 11.5 Å². The van der Waals surface area contributed by atoms with Crippen LogP contribution in [0.3, 0.4) is 0 Å². The van der Waals surface area contributed by atoms with Gasteiger partial charge in [0.1, 0.15) is 12.1 Å². The van der Waals surface area contributed by atoms with Gasteiger partial charge in [-0.1, -0.05) is 45.1 Å². The summed E-state index contributed by atoms with van der Waals surface area (Å²) in [7, 11) is -3.45. The van der Waals surface area contributed by atoms with E-state index < -0.39 is 16.1 Å². The van der Waals surface area contributed by atoms with Crippen molar-refractivity contribution in [1.29, 1.82) is 0 Å². The summed E-state index contributed by atoms with van der Waals surface area (Å²) in [6.45, 7) is 5.70. The van der Waals surface area contributed by atoms with E-state index in [9.17, 15) is 13.2 Å². The molecular weight excluding hydrogens is 582 g/mol. The zero-order valence-electron chi connectivity index (χ0n) is 25.7. The Morgan fingerprint density at radius 3 is 2.68 bits per heavy atom. The number of benzene rings is 1. The third-order valence-corrected chi connectivity index (χ3v) is 9.97. The summed E-state index contributed by atoms with van der Waals surface area (Å²) in [5.41, 5.74) is 1.80. The van der Waals surface area contributed by atoms with Gasteiger partial charge >= 0.3 is 0 Å². The van der Waals surface area contributed by atoms with Crippen LogP contribution >= 0.6 is 0 Å². The first-order valence-electron chi connectivity index (χ1n) is 15.6. The predicted molar refractivity (Wildman–Crippen MR) is 168 cm³/mol. The number of rotatable bonds is 15. The molecule has 1 atom stereocenters. The number of sulfonamides is 1. The summed E-state index contributed by atoms with van der Waals surface area (Å²) >= 11 is 0. The molecule has 5 rings (SSSR count). The average Bonchev–Trinajstić information content (AvgIpc) is 3.71. The highest BCUT2D eigenvalue weighted by molar-refractivity contribution is 7.89. The molecule has 2 aromatic heterocycles. The summed E-state index contributed by atoms with van der Waals surface area (Å²) in [5, 5.41) is 3.02. The van der Waals surface area contributed by atoms with Gasteiger partial charge in [-0.05, 0) is 37.5 Å². The lowest BCUT2D eigenvalue weighted by Crippen LogP contribution is -2.56. The summed E-state index contributed by atoms with van der Waals surface area (Å²) < 4.78 is 40.9. The van der Waals surface area contributed by atoms with E-state index in [0.29, 0.717) is 50.0 Å². The van der Waals surface area contributed by atoms with E-state index >= 15 is 0 Å². The number of unbranched alkanes of at least 4 members (excludes halogenated alkanes) is 5. The zero-order chi connectivity index (χ0) is 30.9. The quantitative estimate of drug-likeness (QED) is 0.252. The fourth-order valence-corrected chi connectivity index (χ4v) is 7.24. The minimum atomic E-state index is -3.45. The lowest BCUT2D eigenvalue weighted by molar-refractivity contribution is -0.121. The number of carbonyl (C=O) groups is 1. The Morgan fingerprint density at radius 2 is 1.86 bits per heavy atom. The van der Waals surface area contributed by atoms with Gasteiger partial charge in [-0.3, -0.25) is 9.36 Å². The number of hydrogen-bond donors (Lipinski definition) is 1. The zero-order valence-corrected chi connectivity index (χ0v) is 26.5. The smallest absolute Gasteiger partial charge is 0.237 e. The Hall–Kier alpha value is -3.71. The van der Waals surface area contributed by atoms with Gasteiger partial charge in [-0.15, -0.1) is 0 Å². The fourth-order valence-electron chi connectivity index (χ4n) is 5.66. The van der Waals surface area contributed by atoms with Gasteiger partial charge in [-0.25, -0.2) is 18.4 Å². The SMILES string of the molecule is CCCCCCCCS(=O)(=O)N1CCN(c2cc(C)nc(-n3ccnc3)n2)C(CC(=O)NCCc2ccc3c(c2)OCO3)C1. The van der Waals surface area contributed by atoms with Crippen LogP contribution in [-0.2, 0) is 21.2 Å². The summed E-state index contributed by atoms with van der Waals surface area (Å²) in [6, 6.07) is 7.26. The van der Waals surface area contributed by atoms with E-state index in [2.05, 4.69) is 22.2 Å². The highest BCUT2D eigenvalue weighted by atomic mass is 32.2. The molecule has 0 aliphatic carbocycles. The second kappa shape index (κ2) is 14.8. The van der Waals surface area contributed by atoms with Crippen LogP contribution in [0.25, 0.3) is 5.95 Å². The Balaban J connectivity index is 1.26. The molecule has 1 amide bonds. The summed E-state index contributed by atoms with van der Waals surface area (Å²) in [5.74, 6) is 2.56. The largest absolute Gasteiger partial charge is 0.454 e. The number of nitrogens with one attached hydrogen (secondary N) is 1. The number of amides is 1. The Labute approximate surface area is 259 Å². The molecule has 0 saturated carbocycles. The van der Waals surface area contributed by atoms with Crippen molar-refractivity contribution in [2.24, 2.45) is 0 Å². The maximum absolute atomic E-state index is 13.4. The molecule has 1 aromatic carbocycles. The molecule has 0 bridgehead atoms. The normalized spacial score (nSPS) is 16.8. The monoisotopic (exact) mass is 625 g/mol. The van der Waals surface area contributed by atoms with Crippen molar-refractivity contribution in [2.75, 3.05) is 43.6 Å². The molecule has 238 valence electrons. The molecule has 0 radical (unpaired) electrons. The molecule has 1 N–H and O–H groups in total. The van der Waals surface area contributed by atoms with E-state index in [4.69, 9.17) is 14.5 Å². The van der Waals surface area contributed by atoms with Crippen molar-refractivity contribution in [3.05, 3.63) is 54.2 Å². The molecule has 2 aliphatic heterocycles. The maximum atomic E-state index is 13.4. The third-order valence-electron chi connectivity index (χ3n) is 8.05. The number of imidazole rings is 1. The molecule has 2 aliphatic rings. The minimum absolute atomic E-state index is 0.130. The highest BCUT2D eigenvalue weighted by Gasteiger charge is 2.35. The van der Waals surface area contributed by atoms with Crippen LogP contribution in [0.4, 0.5) is 5.82 Å². The molecule has 44 heavy (non-hydrogen) atoms. The topological polar surface area (TPSA) is 132 Å². The third kappa shape index (κ3) is 8.26. The van der Waals surface area contributed by atoms with Crippen LogP contribution in [0.15, 0.2) is 43.0 Å². The number of carbonyl (C=O) groups excluding carboxylic acids is 1. The van der Waals surface area contributed by atoms with E-state index in [1.165, 1.54) is 6.42 Å². The van der Waals surface area contributed by atoms with Gasteiger partial charge in [-0.2, -0.15) is 9.29 Å². The second-order valence-electron chi connectivity index (χ2n) is 11.4. The van der Waals surface area contributed by atoms with Gasteiger partial charge in [0, 0.05) is 56.8 Å². The van der Waals surface area contributed by atoms with Crippen molar-refractivity contribution in [2.45, 2.75) is 71.3 Å². The van der Waals surface area contributed by atoms with Crippen LogP contribution in [0.1, 0.15) is 63.1 Å². The summed E-state index contributed by atoms with van der Waals surface area (Å²) in [4.78, 5) is 28.7. The van der Waals surface area contributed by atoms with E-state index in [1.54, 1.807) is 27.6 Å². The van der Waals surface area contributed by atoms with Gasteiger partial charge in [0.2, 0.25) is 28.7 Å². The number of aromatic nitrogens is 4. The van der Waals surface area contributed by atoms with Crippen molar-refractivity contribution in [3.8, 4) is 17.4 Å². The van der Waals surface area contributed by atoms with Crippen molar-refractivity contribution in [3.63, 3.8) is 0 Å². The maximum Gasteiger partial charge on any atom is 0.237 e. The standard InChI is InChI=1S/C31H43N7O5S/c1-3-4-5-6-7-8-17-44(40,41)37-15-16-38(29-18-24(2)34-31(35-29)36-14-13-32-22-36)26(21-37)20-30(39)33-12-11-25-9-10-27-28(19-25)43-23-42-27/h9-10,13-14,18-19,22,26H,3-8,11-12,15-17,20-21,23H2,1-2H3,(H,33,39). The highest BCUT2D eigenvalue weighted by Crippen LogP contribution is 2.32. The molecule has 12 nitrogen and oxygen atoms in total. The van der Waals surface area contributed by atoms with Gasteiger partial charge in [0.05, 0.1) is 11.8 Å². The van der Waals surface area contributed by atoms with E-state index in [-0.39, 0.29) is 31.4 Å². The van der Waals surface area contributed by atoms with Crippen molar-refractivity contribution < 1.29 is 22.7 Å². The average molecular weight is 626 g/mol. The van der Waals surface area contributed by atoms with Crippen LogP contribution in [0.5, 0.6) is 11.5 Å². The number of aryl methyl sites for hydroxylation is 1. The van der Waals surface area contributed by atoms with E-state index in [1.807, 2.05) is 36.1 Å². The molecule has 1 unspecified atom stereocenters. The molecular formula is C31H43N7O5S. The second-order valence-corrected chi connectivity index (χ2v) is 13.5. The lowest BCUT2D eigenvalue weighted by atomic mass is 10.1. The molecule has 0 spiro atoms. The molecule has 4 heterocycles. The first-order chi connectivity index (χ1) is 21.3. The van der Waals surface area contributed by atoms with Gasteiger partial charge in [0.25, 0.3) is 0 Å². The molecule has 3 aromatic rings. The number of piperazine rings is 1. The van der Waals surface area contributed by atoms with E-state index in [0.717, 1.165) is 42.7 Å². The first kappa shape index (κ1) is 31.7. The Kier molecular flexibility index (Phi) is 10.7. The van der Waals surface area contributed by atoms with Crippen LogP contribution in [-0.4, -0.2) is 82.9 Å². The van der Waals surface area contributed by atoms with Gasteiger partial charge < -0.3 is 19.7 Å². The predicted octanol–water partition coefficient (Wildman–Crippen LogP) is 3.63. The molecule has 1 fully saturated rings. The van der Waals surface area contributed by atoms with Crippen LogP contribution in [0.2, 0.25) is 0 Å². The first-order valence-corrected chi connectivity index (χ1v) is 17.2. The Bertz CT molecular complexity index is 1500. The molecule has 13 heteroatoms. The number of anilines is 1. The minimum Gasteiger partial charge on any atom is -0.454 e. The number of nitrogens with zero attached hydrogens (tertiary/aromatic N) is 6. The van der Waals surface area contributed by atoms with Crippen LogP contribution in [0, 0.1) is 6.92 Å². The fraction of sp³-hybridized carbons (Fsp3) is 0.548. The number of ether oxygens (including phenoxy) is 2. The lowest BCUT2D eigenvalue weighted by Gasteiger charge is -2.41. The Morgan fingerprint density at radius 1 is 1.05 bits per heavy atom. The number of hydrogen-bond acceptors (Lipinski definition) is 9. The van der Waals surface area contributed by atoms with Crippen molar-refractivity contribution >= 4 is 21.7 Å². The van der Waals surface area contributed by atoms with Crippen molar-refractivity contribution in [1.82, 2.24) is 29.1 Å².